The average molecular weight is 271 g/mol. The third-order valence-corrected chi connectivity index (χ3v) is 4.31. The van der Waals surface area contributed by atoms with E-state index < -0.39 is 0 Å². The predicted octanol–water partition coefficient (Wildman–Crippen LogP) is 1.15. The topological polar surface area (TPSA) is 38.7 Å². The van der Waals surface area contributed by atoms with Gasteiger partial charge in [0, 0.05) is 18.1 Å². The Morgan fingerprint density at radius 3 is 2.74 bits per heavy atom. The zero-order valence-corrected chi connectivity index (χ0v) is 13.3. The molecular weight excluding hydrogens is 238 g/mol. The lowest BCUT2D eigenvalue weighted by molar-refractivity contribution is 0.150. The van der Waals surface area contributed by atoms with Crippen LogP contribution < -0.4 is 5.32 Å². The minimum Gasteiger partial charge on any atom is -0.394 e. The zero-order chi connectivity index (χ0) is 14.3. The van der Waals surface area contributed by atoms with Gasteiger partial charge in [-0.25, -0.2) is 0 Å². The van der Waals surface area contributed by atoms with Crippen LogP contribution in [0.1, 0.15) is 40.0 Å². The first-order valence-electron chi connectivity index (χ1n) is 7.79. The van der Waals surface area contributed by atoms with E-state index in [1.165, 1.54) is 26.1 Å². The number of nitrogens with zero attached hydrogens (tertiary/aromatic N) is 2. The lowest BCUT2D eigenvalue weighted by Crippen LogP contribution is -2.46. The molecular formula is C15H33N3O. The van der Waals surface area contributed by atoms with Crippen molar-refractivity contribution >= 4 is 0 Å². The van der Waals surface area contributed by atoms with Gasteiger partial charge in [-0.3, -0.25) is 4.90 Å². The maximum Gasteiger partial charge on any atom is 0.0610 e. The predicted molar refractivity (Wildman–Crippen MR) is 81.6 cm³/mol. The van der Waals surface area contributed by atoms with Crippen LogP contribution in [0.3, 0.4) is 0 Å². The van der Waals surface area contributed by atoms with Crippen molar-refractivity contribution in [1.82, 2.24) is 15.1 Å². The molecule has 1 aliphatic heterocycles. The Morgan fingerprint density at radius 2 is 2.11 bits per heavy atom. The fraction of sp³-hybridized carbons (Fsp3) is 1.00. The highest BCUT2D eigenvalue weighted by Gasteiger charge is 2.23. The molecule has 1 rings (SSSR count). The number of aliphatic hydroxyl groups is 1. The summed E-state index contributed by atoms with van der Waals surface area (Å²) >= 11 is 0. The van der Waals surface area contributed by atoms with Crippen LogP contribution in [0.4, 0.5) is 0 Å². The average Bonchev–Trinajstić information content (AvgIpc) is 2.51. The molecule has 1 fully saturated rings. The normalized spacial score (nSPS) is 26.1. The van der Waals surface area contributed by atoms with E-state index in [-0.39, 0.29) is 12.1 Å². The van der Waals surface area contributed by atoms with Crippen molar-refractivity contribution in [1.29, 1.82) is 0 Å². The molecule has 0 radical (unpaired) electrons. The number of hydrogen-bond donors (Lipinski definition) is 2. The third kappa shape index (κ3) is 5.78. The molecule has 19 heavy (non-hydrogen) atoms. The molecule has 2 atom stereocenters. The molecule has 114 valence electrons. The molecule has 0 saturated carbocycles. The summed E-state index contributed by atoms with van der Waals surface area (Å²) < 4.78 is 0. The van der Waals surface area contributed by atoms with Crippen molar-refractivity contribution in [3.05, 3.63) is 0 Å². The standard InChI is InChI=1S/C15H33N3O/c1-5-16-15(3,13-19)8-6-10-18-11-7-9-17(4)12-14(18)2/h14,16,19H,5-13H2,1-4H3. The van der Waals surface area contributed by atoms with Crippen molar-refractivity contribution in [3.8, 4) is 0 Å². The molecule has 4 nitrogen and oxygen atoms in total. The number of likely N-dealkylation sites (N-methyl/N-ethyl adjacent to an activating group) is 2. The Kier molecular flexibility index (Phi) is 7.29. The highest BCUT2D eigenvalue weighted by atomic mass is 16.3. The van der Waals surface area contributed by atoms with Gasteiger partial charge in [0.25, 0.3) is 0 Å². The monoisotopic (exact) mass is 271 g/mol. The number of nitrogens with one attached hydrogen (secondary N) is 1. The van der Waals surface area contributed by atoms with Gasteiger partial charge in [0.05, 0.1) is 6.61 Å². The van der Waals surface area contributed by atoms with Crippen LogP contribution in [0.15, 0.2) is 0 Å². The fourth-order valence-corrected chi connectivity index (χ4v) is 3.08. The van der Waals surface area contributed by atoms with Crippen LogP contribution in [0.25, 0.3) is 0 Å². The maximum atomic E-state index is 9.50. The number of hydrogen-bond acceptors (Lipinski definition) is 4. The summed E-state index contributed by atoms with van der Waals surface area (Å²) in [4.78, 5) is 5.04. The number of rotatable bonds is 7. The molecule has 0 spiro atoms. The zero-order valence-electron chi connectivity index (χ0n) is 13.3. The summed E-state index contributed by atoms with van der Waals surface area (Å²) in [5.41, 5.74) is -0.110. The Hall–Kier alpha value is -0.160. The minimum absolute atomic E-state index is 0.110. The van der Waals surface area contributed by atoms with Gasteiger partial charge in [0.2, 0.25) is 0 Å². The molecule has 0 aromatic rings. The molecule has 0 aromatic heterocycles. The van der Waals surface area contributed by atoms with E-state index in [2.05, 4.69) is 42.9 Å². The summed E-state index contributed by atoms with van der Waals surface area (Å²) in [5, 5.41) is 12.9. The molecule has 1 aliphatic rings. The Labute approximate surface area is 119 Å². The van der Waals surface area contributed by atoms with E-state index in [9.17, 15) is 5.11 Å². The molecule has 0 aromatic carbocycles. The summed E-state index contributed by atoms with van der Waals surface area (Å²) in [6.45, 7) is 12.4. The van der Waals surface area contributed by atoms with Crippen molar-refractivity contribution < 1.29 is 5.11 Å². The molecule has 0 amide bonds. The Morgan fingerprint density at radius 1 is 1.37 bits per heavy atom. The lowest BCUT2D eigenvalue weighted by atomic mass is 9.96. The van der Waals surface area contributed by atoms with Crippen molar-refractivity contribution in [2.24, 2.45) is 0 Å². The lowest BCUT2D eigenvalue weighted by Gasteiger charge is -2.31. The summed E-state index contributed by atoms with van der Waals surface area (Å²) in [6, 6.07) is 0.645. The van der Waals surface area contributed by atoms with Gasteiger partial charge in [-0.05, 0) is 66.3 Å². The van der Waals surface area contributed by atoms with Crippen molar-refractivity contribution in [2.45, 2.75) is 51.6 Å². The second-order valence-corrected chi connectivity index (χ2v) is 6.35. The van der Waals surface area contributed by atoms with Gasteiger partial charge >= 0.3 is 0 Å². The van der Waals surface area contributed by atoms with Crippen LogP contribution >= 0.6 is 0 Å². The van der Waals surface area contributed by atoms with Crippen LogP contribution in [-0.4, -0.2) is 72.9 Å². The van der Waals surface area contributed by atoms with Gasteiger partial charge in [0.15, 0.2) is 0 Å². The van der Waals surface area contributed by atoms with E-state index in [1.807, 2.05) is 0 Å². The molecule has 4 heteroatoms. The first kappa shape index (κ1) is 16.9. The van der Waals surface area contributed by atoms with Crippen LogP contribution in [-0.2, 0) is 0 Å². The Bertz CT molecular complexity index is 250. The van der Waals surface area contributed by atoms with Gasteiger partial charge < -0.3 is 15.3 Å². The molecule has 2 unspecified atom stereocenters. The summed E-state index contributed by atoms with van der Waals surface area (Å²) in [5.74, 6) is 0. The van der Waals surface area contributed by atoms with Crippen LogP contribution in [0, 0.1) is 0 Å². The quantitative estimate of drug-likeness (QED) is 0.729. The fourth-order valence-electron chi connectivity index (χ4n) is 3.08. The largest absolute Gasteiger partial charge is 0.394 e. The van der Waals surface area contributed by atoms with Gasteiger partial charge in [-0.1, -0.05) is 6.92 Å². The van der Waals surface area contributed by atoms with Crippen molar-refractivity contribution in [3.63, 3.8) is 0 Å². The second-order valence-electron chi connectivity index (χ2n) is 6.35. The summed E-state index contributed by atoms with van der Waals surface area (Å²) in [6.07, 6.45) is 3.46. The molecule has 0 aliphatic carbocycles. The van der Waals surface area contributed by atoms with Crippen LogP contribution in [0.5, 0.6) is 0 Å². The molecule has 0 bridgehead atoms. The van der Waals surface area contributed by atoms with E-state index in [0.717, 1.165) is 25.9 Å². The van der Waals surface area contributed by atoms with Gasteiger partial charge in [-0.2, -0.15) is 0 Å². The highest BCUT2D eigenvalue weighted by Crippen LogP contribution is 2.14. The number of aliphatic hydroxyl groups excluding tert-OH is 1. The third-order valence-electron chi connectivity index (χ3n) is 4.31. The first-order chi connectivity index (χ1) is 9.00. The molecule has 1 saturated heterocycles. The van der Waals surface area contributed by atoms with Crippen LogP contribution in [0.2, 0.25) is 0 Å². The van der Waals surface area contributed by atoms with Crippen molar-refractivity contribution in [2.75, 3.05) is 46.4 Å². The van der Waals surface area contributed by atoms with E-state index in [4.69, 9.17) is 0 Å². The SMILES string of the molecule is CCNC(C)(CO)CCCN1CCCN(C)CC1C. The second kappa shape index (κ2) is 8.20. The minimum atomic E-state index is -0.110. The smallest absolute Gasteiger partial charge is 0.0610 e. The molecule has 1 heterocycles. The van der Waals surface area contributed by atoms with E-state index >= 15 is 0 Å². The highest BCUT2D eigenvalue weighted by molar-refractivity contribution is 4.83. The maximum absolute atomic E-state index is 9.50. The Balaban J connectivity index is 2.34. The van der Waals surface area contributed by atoms with E-state index in [1.54, 1.807) is 0 Å². The van der Waals surface area contributed by atoms with Gasteiger partial charge in [-0.15, -0.1) is 0 Å². The van der Waals surface area contributed by atoms with Gasteiger partial charge in [0.1, 0.15) is 0 Å². The molecule has 2 N–H and O–H groups in total. The summed E-state index contributed by atoms with van der Waals surface area (Å²) in [7, 11) is 2.22. The van der Waals surface area contributed by atoms with E-state index in [0.29, 0.717) is 6.04 Å². The first-order valence-corrected chi connectivity index (χ1v) is 7.79.